The molecular weight excluding hydrogens is 254 g/mol. The predicted molar refractivity (Wildman–Crippen MR) is 85.1 cm³/mol. The summed E-state index contributed by atoms with van der Waals surface area (Å²) in [5, 5.41) is 0.611. The Bertz CT molecular complexity index is 408. The molecule has 0 spiro atoms. The Morgan fingerprint density at radius 1 is 1.42 bits per heavy atom. The maximum atomic E-state index is 4.81. The van der Waals surface area contributed by atoms with E-state index in [4.69, 9.17) is 4.98 Å². The van der Waals surface area contributed by atoms with E-state index < -0.39 is 0 Å². The molecule has 2 unspecified atom stereocenters. The van der Waals surface area contributed by atoms with Gasteiger partial charge in [0.1, 0.15) is 5.82 Å². The molecule has 106 valence electrons. The summed E-state index contributed by atoms with van der Waals surface area (Å²) in [6, 6.07) is 6.40. The average molecular weight is 279 g/mol. The van der Waals surface area contributed by atoms with Crippen LogP contribution in [0.4, 0.5) is 5.82 Å². The summed E-state index contributed by atoms with van der Waals surface area (Å²) in [6.45, 7) is 4.68. The van der Waals surface area contributed by atoms with Crippen LogP contribution in [0.5, 0.6) is 0 Å². The highest BCUT2D eigenvalue weighted by Gasteiger charge is 2.25. The number of anilines is 1. The van der Waals surface area contributed by atoms with Crippen molar-refractivity contribution in [3.05, 3.63) is 23.9 Å². The zero-order valence-corrected chi connectivity index (χ0v) is 13.3. The molecule has 1 fully saturated rings. The number of aromatic nitrogens is 1. The van der Waals surface area contributed by atoms with Crippen molar-refractivity contribution >= 4 is 17.6 Å². The monoisotopic (exact) mass is 279 g/mol. The van der Waals surface area contributed by atoms with E-state index in [-0.39, 0.29) is 0 Å². The van der Waals surface area contributed by atoms with E-state index in [2.05, 4.69) is 55.3 Å². The Hall–Kier alpha value is -0.740. The molecule has 2 rings (SSSR count). The lowest BCUT2D eigenvalue weighted by molar-refractivity contribution is 0.200. The summed E-state index contributed by atoms with van der Waals surface area (Å²) in [5.41, 5.74) is 1.25. The van der Waals surface area contributed by atoms with Crippen LogP contribution in [-0.4, -0.2) is 48.7 Å². The van der Waals surface area contributed by atoms with Crippen molar-refractivity contribution in [3.8, 4) is 0 Å². The first-order valence-electron chi connectivity index (χ1n) is 7.03. The highest BCUT2D eigenvalue weighted by Crippen LogP contribution is 2.29. The number of piperidine rings is 1. The molecule has 0 aliphatic carbocycles. The molecule has 1 saturated heterocycles. The van der Waals surface area contributed by atoms with Crippen molar-refractivity contribution in [2.75, 3.05) is 38.3 Å². The van der Waals surface area contributed by atoms with Crippen LogP contribution in [0.1, 0.15) is 31.4 Å². The van der Waals surface area contributed by atoms with E-state index in [1.165, 1.54) is 25.1 Å². The largest absolute Gasteiger partial charge is 0.363 e. The van der Waals surface area contributed by atoms with Crippen LogP contribution < -0.4 is 4.90 Å². The average Bonchev–Trinajstić information content (AvgIpc) is 2.46. The Kier molecular flexibility index (Phi) is 5.11. The Labute approximate surface area is 121 Å². The van der Waals surface area contributed by atoms with E-state index in [9.17, 15) is 0 Å². The van der Waals surface area contributed by atoms with Gasteiger partial charge in [-0.15, -0.1) is 11.8 Å². The molecule has 2 heterocycles. The van der Waals surface area contributed by atoms with Crippen LogP contribution in [0, 0.1) is 0 Å². The molecule has 0 N–H and O–H groups in total. The third kappa shape index (κ3) is 3.63. The van der Waals surface area contributed by atoms with Crippen molar-refractivity contribution in [3.63, 3.8) is 0 Å². The minimum absolute atomic E-state index is 0.586. The van der Waals surface area contributed by atoms with Crippen molar-refractivity contribution in [1.29, 1.82) is 0 Å². The fourth-order valence-corrected chi connectivity index (χ4v) is 3.13. The smallest absolute Gasteiger partial charge is 0.128 e. The van der Waals surface area contributed by atoms with Gasteiger partial charge in [0.05, 0.1) is 5.37 Å². The van der Waals surface area contributed by atoms with Gasteiger partial charge >= 0.3 is 0 Å². The normalized spacial score (nSPS) is 22.2. The number of pyridine rings is 1. The Morgan fingerprint density at radius 2 is 2.21 bits per heavy atom. The molecule has 1 aromatic heterocycles. The van der Waals surface area contributed by atoms with E-state index >= 15 is 0 Å². The zero-order valence-electron chi connectivity index (χ0n) is 12.5. The molecule has 3 nitrogen and oxygen atoms in total. The molecule has 1 aromatic rings. The number of likely N-dealkylation sites (tertiary alicyclic amines) is 1. The zero-order chi connectivity index (χ0) is 13.8. The highest BCUT2D eigenvalue weighted by molar-refractivity contribution is 7.99. The van der Waals surface area contributed by atoms with Gasteiger partial charge in [-0.25, -0.2) is 4.98 Å². The molecule has 4 heteroatoms. The standard InChI is InChI=1S/C15H25N3S/c1-12(19-4)18-10-6-7-13(11-18)14-8-5-9-15(16-14)17(2)3/h5,8-9,12-13H,6-7,10-11H2,1-4H3. The summed E-state index contributed by atoms with van der Waals surface area (Å²) in [7, 11) is 4.10. The van der Waals surface area contributed by atoms with E-state index in [1.807, 2.05) is 11.8 Å². The number of hydrogen-bond donors (Lipinski definition) is 0. The number of nitrogens with zero attached hydrogens (tertiary/aromatic N) is 3. The summed E-state index contributed by atoms with van der Waals surface area (Å²) in [6.07, 6.45) is 4.74. The van der Waals surface area contributed by atoms with E-state index in [0.717, 1.165) is 12.4 Å². The molecule has 0 radical (unpaired) electrons. The number of hydrogen-bond acceptors (Lipinski definition) is 4. The van der Waals surface area contributed by atoms with Crippen molar-refractivity contribution < 1.29 is 0 Å². The molecule has 1 aliphatic heterocycles. The number of thioether (sulfide) groups is 1. The number of rotatable bonds is 4. The van der Waals surface area contributed by atoms with Gasteiger partial charge < -0.3 is 4.90 Å². The van der Waals surface area contributed by atoms with Gasteiger partial charge in [0.2, 0.25) is 0 Å². The lowest BCUT2D eigenvalue weighted by atomic mass is 9.94. The fourth-order valence-electron chi connectivity index (χ4n) is 2.64. The highest BCUT2D eigenvalue weighted by atomic mass is 32.2. The third-order valence-electron chi connectivity index (χ3n) is 3.94. The van der Waals surface area contributed by atoms with Crippen molar-refractivity contribution in [2.45, 2.75) is 31.1 Å². The minimum Gasteiger partial charge on any atom is -0.363 e. The molecule has 0 amide bonds. The van der Waals surface area contributed by atoms with E-state index in [1.54, 1.807) is 0 Å². The van der Waals surface area contributed by atoms with Crippen LogP contribution in [0.25, 0.3) is 0 Å². The van der Waals surface area contributed by atoms with Gasteiger partial charge in [-0.2, -0.15) is 0 Å². The van der Waals surface area contributed by atoms with Crippen LogP contribution >= 0.6 is 11.8 Å². The second-order valence-electron chi connectivity index (χ2n) is 5.48. The molecular formula is C15H25N3S. The summed E-state index contributed by atoms with van der Waals surface area (Å²) in [4.78, 5) is 9.47. The molecule has 0 aromatic carbocycles. The fraction of sp³-hybridized carbons (Fsp3) is 0.667. The topological polar surface area (TPSA) is 19.4 Å². The first-order valence-corrected chi connectivity index (χ1v) is 8.31. The first kappa shape index (κ1) is 14.7. The van der Waals surface area contributed by atoms with Gasteiger partial charge in [-0.05, 0) is 44.7 Å². The second kappa shape index (κ2) is 6.62. The molecule has 2 atom stereocenters. The first-order chi connectivity index (χ1) is 9.11. The van der Waals surface area contributed by atoms with E-state index in [0.29, 0.717) is 11.3 Å². The van der Waals surface area contributed by atoms with Crippen LogP contribution in [0.15, 0.2) is 18.2 Å². The maximum Gasteiger partial charge on any atom is 0.128 e. The predicted octanol–water partition coefficient (Wildman–Crippen LogP) is 3.04. The maximum absolute atomic E-state index is 4.81. The second-order valence-corrected chi connectivity index (χ2v) is 6.64. The molecule has 0 saturated carbocycles. The SMILES string of the molecule is CSC(C)N1CCCC(c2cccc(N(C)C)n2)C1. The lowest BCUT2D eigenvalue weighted by Crippen LogP contribution is -2.39. The van der Waals surface area contributed by atoms with Crippen LogP contribution in [-0.2, 0) is 0 Å². The van der Waals surface area contributed by atoms with Gasteiger partial charge in [0.15, 0.2) is 0 Å². The minimum atomic E-state index is 0.586. The van der Waals surface area contributed by atoms with Crippen molar-refractivity contribution in [2.24, 2.45) is 0 Å². The Balaban J connectivity index is 2.10. The third-order valence-corrected chi connectivity index (χ3v) is 4.92. The van der Waals surface area contributed by atoms with Gasteiger partial charge in [0.25, 0.3) is 0 Å². The Morgan fingerprint density at radius 3 is 2.89 bits per heavy atom. The van der Waals surface area contributed by atoms with Gasteiger partial charge in [-0.1, -0.05) is 6.07 Å². The quantitative estimate of drug-likeness (QED) is 0.843. The van der Waals surface area contributed by atoms with Gasteiger partial charge in [0, 0.05) is 32.3 Å². The molecule has 19 heavy (non-hydrogen) atoms. The molecule has 0 bridgehead atoms. The van der Waals surface area contributed by atoms with Crippen LogP contribution in [0.2, 0.25) is 0 Å². The van der Waals surface area contributed by atoms with Crippen molar-refractivity contribution in [1.82, 2.24) is 9.88 Å². The summed E-state index contributed by atoms with van der Waals surface area (Å²) in [5.74, 6) is 1.65. The van der Waals surface area contributed by atoms with Gasteiger partial charge in [-0.3, -0.25) is 4.90 Å². The summed E-state index contributed by atoms with van der Waals surface area (Å²) < 4.78 is 0. The lowest BCUT2D eigenvalue weighted by Gasteiger charge is -2.36. The van der Waals surface area contributed by atoms with Crippen LogP contribution in [0.3, 0.4) is 0 Å². The molecule has 1 aliphatic rings. The summed E-state index contributed by atoms with van der Waals surface area (Å²) >= 11 is 1.93.